The highest BCUT2D eigenvalue weighted by Gasteiger charge is 2.28. The van der Waals surface area contributed by atoms with Gasteiger partial charge in [-0.2, -0.15) is 8.78 Å². The highest BCUT2D eigenvalue weighted by molar-refractivity contribution is 5.34. The molecule has 4 rings (SSSR count). The lowest BCUT2D eigenvalue weighted by Crippen LogP contribution is -2.24. The van der Waals surface area contributed by atoms with E-state index in [9.17, 15) is 27.8 Å². The number of rotatable bonds is 15. The van der Waals surface area contributed by atoms with Crippen molar-refractivity contribution in [1.82, 2.24) is 0 Å². The first-order chi connectivity index (χ1) is 20.8. The van der Waals surface area contributed by atoms with Crippen molar-refractivity contribution in [1.29, 1.82) is 0 Å². The van der Waals surface area contributed by atoms with E-state index in [-0.39, 0.29) is 43.0 Å². The first kappa shape index (κ1) is 33.5. The molecule has 0 saturated heterocycles. The average Bonchev–Trinajstić information content (AvgIpc) is 3.02. The summed E-state index contributed by atoms with van der Waals surface area (Å²) in [6.45, 7) is 3.37. The van der Waals surface area contributed by atoms with Crippen molar-refractivity contribution >= 4 is 0 Å². The summed E-state index contributed by atoms with van der Waals surface area (Å²) in [6.07, 6.45) is 9.54. The van der Waals surface area contributed by atoms with Gasteiger partial charge in [0.2, 0.25) is 11.6 Å². The molecule has 43 heavy (non-hydrogen) atoms. The van der Waals surface area contributed by atoms with E-state index in [0.29, 0.717) is 43.1 Å². The van der Waals surface area contributed by atoms with Gasteiger partial charge in [-0.05, 0) is 125 Å². The van der Waals surface area contributed by atoms with Gasteiger partial charge in [-0.3, -0.25) is 0 Å². The normalized spacial score (nSPS) is 23.3. The molecule has 1 atom stereocenters. The second-order valence-corrected chi connectivity index (χ2v) is 12.0. The highest BCUT2D eigenvalue weighted by atomic mass is 19.2. The quantitative estimate of drug-likeness (QED) is 0.199. The minimum atomic E-state index is -1.18. The Kier molecular flexibility index (Phi) is 13.0. The second-order valence-electron chi connectivity index (χ2n) is 12.0. The van der Waals surface area contributed by atoms with Crippen molar-refractivity contribution in [3.63, 3.8) is 0 Å². The van der Waals surface area contributed by atoms with Crippen molar-refractivity contribution < 1.29 is 42.0 Å². The van der Waals surface area contributed by atoms with Crippen LogP contribution in [0.3, 0.4) is 0 Å². The maximum Gasteiger partial charge on any atom is 0.200 e. The van der Waals surface area contributed by atoms with Gasteiger partial charge < -0.3 is 24.4 Å². The smallest absolute Gasteiger partial charge is 0.200 e. The number of hydrogen-bond donors (Lipinski definition) is 2. The lowest BCUT2D eigenvalue weighted by Gasteiger charge is -2.30. The van der Waals surface area contributed by atoms with Crippen LogP contribution in [0.2, 0.25) is 0 Å². The Bertz CT molecular complexity index is 1150. The molecular formula is C34H46F4O5. The molecule has 0 amide bonds. The molecule has 0 heterocycles. The van der Waals surface area contributed by atoms with Crippen LogP contribution in [0.4, 0.5) is 17.6 Å². The summed E-state index contributed by atoms with van der Waals surface area (Å²) in [4.78, 5) is 0. The van der Waals surface area contributed by atoms with E-state index in [1.54, 1.807) is 13.0 Å². The Morgan fingerprint density at radius 1 is 0.698 bits per heavy atom. The first-order valence-electron chi connectivity index (χ1n) is 15.9. The third-order valence-corrected chi connectivity index (χ3v) is 9.23. The van der Waals surface area contributed by atoms with Gasteiger partial charge in [0.25, 0.3) is 0 Å². The summed E-state index contributed by atoms with van der Waals surface area (Å²) < 4.78 is 74.6. The molecule has 2 aromatic rings. The van der Waals surface area contributed by atoms with Gasteiger partial charge in [0.05, 0.1) is 18.8 Å². The molecule has 0 bridgehead atoms. The van der Waals surface area contributed by atoms with E-state index >= 15 is 0 Å². The summed E-state index contributed by atoms with van der Waals surface area (Å²) >= 11 is 0. The number of hydrogen-bond acceptors (Lipinski definition) is 5. The van der Waals surface area contributed by atoms with E-state index in [1.165, 1.54) is 18.2 Å². The highest BCUT2D eigenvalue weighted by Crippen LogP contribution is 2.39. The average molecular weight is 611 g/mol. The van der Waals surface area contributed by atoms with Gasteiger partial charge in [0, 0.05) is 19.8 Å². The number of ether oxygens (including phenoxy) is 3. The fourth-order valence-corrected chi connectivity index (χ4v) is 6.70. The third kappa shape index (κ3) is 9.08. The maximum atomic E-state index is 14.7. The first-order valence-corrected chi connectivity index (χ1v) is 15.9. The Hall–Kier alpha value is -2.36. The molecule has 0 radical (unpaired) electrons. The van der Waals surface area contributed by atoms with Crippen LogP contribution >= 0.6 is 0 Å². The minimum Gasteiger partial charge on any atom is -0.505 e. The Balaban J connectivity index is 1.15. The summed E-state index contributed by atoms with van der Waals surface area (Å²) in [7, 11) is 0. The van der Waals surface area contributed by atoms with Gasteiger partial charge >= 0.3 is 0 Å². The monoisotopic (exact) mass is 610 g/mol. The van der Waals surface area contributed by atoms with Crippen LogP contribution in [0.5, 0.6) is 11.5 Å². The largest absolute Gasteiger partial charge is 0.505 e. The topological polar surface area (TPSA) is 68.2 Å². The Labute approximate surface area is 252 Å². The Morgan fingerprint density at radius 2 is 1.21 bits per heavy atom. The van der Waals surface area contributed by atoms with Gasteiger partial charge in [0.1, 0.15) is 0 Å². The number of aromatic hydroxyl groups is 1. The number of aliphatic hydroxyl groups is 1. The van der Waals surface area contributed by atoms with Crippen LogP contribution < -0.4 is 4.74 Å². The van der Waals surface area contributed by atoms with Crippen molar-refractivity contribution in [3.8, 4) is 11.5 Å². The molecule has 5 nitrogen and oxygen atoms in total. The van der Waals surface area contributed by atoms with Crippen molar-refractivity contribution in [3.05, 3.63) is 58.7 Å². The molecule has 2 saturated carbocycles. The Morgan fingerprint density at radius 3 is 1.72 bits per heavy atom. The van der Waals surface area contributed by atoms with Crippen molar-refractivity contribution in [2.75, 3.05) is 26.4 Å². The van der Waals surface area contributed by atoms with E-state index in [0.717, 1.165) is 64.2 Å². The number of phenolic OH excluding ortho intramolecular Hbond substituents is 1. The molecule has 2 N–H and O–H groups in total. The standard InChI is InChI=1S/C34H46F4O5/c1-2-41-30-16-14-28(32(36)34(30)38)24-7-11-26(12-8-24)43-21-18-22(4-3-19-39)17-20-42-25-9-5-23(6-10-25)27-13-15-29(40)33(37)31(27)35/h13-16,22-26,39-40H,2-12,17-21H2,1H3. The number of benzene rings is 2. The zero-order valence-electron chi connectivity index (χ0n) is 25.1. The minimum absolute atomic E-state index is 0.0316. The van der Waals surface area contributed by atoms with Crippen molar-refractivity contribution in [2.45, 2.75) is 108 Å². The second kappa shape index (κ2) is 16.6. The molecule has 2 aliphatic rings. The van der Waals surface area contributed by atoms with Gasteiger partial charge in [-0.15, -0.1) is 0 Å². The van der Waals surface area contributed by atoms with Crippen LogP contribution in [0.1, 0.15) is 107 Å². The third-order valence-electron chi connectivity index (χ3n) is 9.23. The van der Waals surface area contributed by atoms with E-state index in [1.807, 2.05) is 0 Å². The van der Waals surface area contributed by atoms with Crippen LogP contribution in [-0.4, -0.2) is 48.8 Å². The SMILES string of the molecule is CCOc1ccc(C2CCC(OCCC(CCCO)CCOC3CCC(c4ccc(O)c(F)c4F)CC3)CC2)c(F)c1F. The fraction of sp³-hybridized carbons (Fsp3) is 0.647. The maximum absolute atomic E-state index is 14.7. The predicted octanol–water partition coefficient (Wildman–Crippen LogP) is 8.30. The molecular weight excluding hydrogens is 564 g/mol. The molecule has 0 spiro atoms. The van der Waals surface area contributed by atoms with E-state index in [2.05, 4.69) is 0 Å². The molecule has 1 unspecified atom stereocenters. The molecule has 0 aromatic heterocycles. The summed E-state index contributed by atoms with van der Waals surface area (Å²) in [5.41, 5.74) is 0.738. The molecule has 2 aromatic carbocycles. The van der Waals surface area contributed by atoms with Gasteiger partial charge in [-0.25, -0.2) is 8.78 Å². The number of phenols is 1. The molecule has 2 fully saturated rings. The zero-order valence-corrected chi connectivity index (χ0v) is 25.1. The van der Waals surface area contributed by atoms with Gasteiger partial charge in [0.15, 0.2) is 23.1 Å². The predicted molar refractivity (Wildman–Crippen MR) is 156 cm³/mol. The van der Waals surface area contributed by atoms with Crippen molar-refractivity contribution in [2.24, 2.45) is 5.92 Å². The molecule has 2 aliphatic carbocycles. The lowest BCUT2D eigenvalue weighted by atomic mass is 9.82. The lowest BCUT2D eigenvalue weighted by molar-refractivity contribution is 0.00231. The number of halogens is 4. The van der Waals surface area contributed by atoms with Crippen LogP contribution in [-0.2, 0) is 9.47 Å². The van der Waals surface area contributed by atoms with Crippen LogP contribution in [0.15, 0.2) is 24.3 Å². The molecule has 240 valence electrons. The van der Waals surface area contributed by atoms with Crippen LogP contribution in [0.25, 0.3) is 0 Å². The summed E-state index contributed by atoms with van der Waals surface area (Å²) in [5.74, 6) is -4.33. The summed E-state index contributed by atoms with van der Waals surface area (Å²) in [6, 6.07) is 5.85. The fourth-order valence-electron chi connectivity index (χ4n) is 6.70. The summed E-state index contributed by atoms with van der Waals surface area (Å²) in [5, 5.41) is 18.7. The molecule has 9 heteroatoms. The number of aliphatic hydroxyl groups excluding tert-OH is 1. The van der Waals surface area contributed by atoms with Crippen LogP contribution in [0, 0.1) is 29.2 Å². The zero-order chi connectivity index (χ0) is 30.8. The van der Waals surface area contributed by atoms with Gasteiger partial charge in [-0.1, -0.05) is 12.1 Å². The van der Waals surface area contributed by atoms with E-state index < -0.39 is 29.0 Å². The molecule has 0 aliphatic heterocycles. The van der Waals surface area contributed by atoms with E-state index in [4.69, 9.17) is 14.2 Å².